The molecule has 0 saturated carbocycles. The van der Waals surface area contributed by atoms with Gasteiger partial charge in [-0.3, -0.25) is 0 Å². The van der Waals surface area contributed by atoms with Gasteiger partial charge >= 0.3 is 11.9 Å². The number of carbonyl (C=O) groups excluding carboxylic acids is 2. The van der Waals surface area contributed by atoms with E-state index in [-0.39, 0.29) is 17.4 Å². The summed E-state index contributed by atoms with van der Waals surface area (Å²) < 4.78 is 10.5. The molecule has 2 heterocycles. The Balaban J connectivity index is 1.84. The van der Waals surface area contributed by atoms with Gasteiger partial charge in [-0.1, -0.05) is 35.9 Å². The quantitative estimate of drug-likeness (QED) is 0.600. The van der Waals surface area contributed by atoms with E-state index >= 15 is 0 Å². The Hall–Kier alpha value is -3.21. The standard InChI is InChI=1S/C18H11NO4/c1-10-5-4-6-11(9-10)16-19-14(18(21)23-16)15-12-7-2-3-8-13(12)17(20)22-15/h2-9H,1H3. The average molecular weight is 305 g/mol. The zero-order valence-corrected chi connectivity index (χ0v) is 12.2. The molecule has 2 aliphatic rings. The minimum Gasteiger partial charge on any atom is -0.420 e. The molecule has 0 spiro atoms. The lowest BCUT2D eigenvalue weighted by Gasteiger charge is -2.00. The highest BCUT2D eigenvalue weighted by Gasteiger charge is 2.35. The SMILES string of the molecule is Cc1cccc(C2=NC(=C3OC(=O)c4ccccc43)C(=O)O2)c1. The predicted octanol–water partition coefficient (Wildman–Crippen LogP) is 2.84. The minimum atomic E-state index is -0.624. The lowest BCUT2D eigenvalue weighted by Crippen LogP contribution is -2.06. The third-order valence-corrected chi connectivity index (χ3v) is 3.66. The molecule has 0 fully saturated rings. The second kappa shape index (κ2) is 4.91. The molecule has 0 unspecified atom stereocenters. The normalized spacial score (nSPS) is 19.3. The maximum absolute atomic E-state index is 12.2. The smallest absolute Gasteiger partial charge is 0.367 e. The van der Waals surface area contributed by atoms with Crippen LogP contribution in [0.25, 0.3) is 5.76 Å². The van der Waals surface area contributed by atoms with E-state index in [1.807, 2.05) is 25.1 Å². The molecule has 5 nitrogen and oxygen atoms in total. The zero-order chi connectivity index (χ0) is 16.0. The van der Waals surface area contributed by atoms with Crippen molar-refractivity contribution in [3.63, 3.8) is 0 Å². The van der Waals surface area contributed by atoms with E-state index in [2.05, 4.69) is 4.99 Å². The van der Waals surface area contributed by atoms with Crippen LogP contribution in [0.1, 0.15) is 27.0 Å². The van der Waals surface area contributed by atoms with Crippen molar-refractivity contribution >= 4 is 23.6 Å². The highest BCUT2D eigenvalue weighted by molar-refractivity contribution is 6.16. The highest BCUT2D eigenvalue weighted by atomic mass is 16.6. The number of aliphatic imine (C=N–C) groups is 1. The van der Waals surface area contributed by atoms with E-state index in [4.69, 9.17) is 9.47 Å². The van der Waals surface area contributed by atoms with Crippen LogP contribution in [0, 0.1) is 6.92 Å². The molecule has 2 aromatic carbocycles. The van der Waals surface area contributed by atoms with Crippen LogP contribution in [-0.4, -0.2) is 17.8 Å². The van der Waals surface area contributed by atoms with E-state index in [9.17, 15) is 9.59 Å². The molecule has 4 rings (SSSR count). The Morgan fingerprint density at radius 1 is 0.870 bits per heavy atom. The summed E-state index contributed by atoms with van der Waals surface area (Å²) in [6.45, 7) is 1.94. The van der Waals surface area contributed by atoms with Gasteiger partial charge in [0, 0.05) is 11.1 Å². The fourth-order valence-corrected chi connectivity index (χ4v) is 2.59. The van der Waals surface area contributed by atoms with Crippen molar-refractivity contribution in [2.75, 3.05) is 0 Å². The summed E-state index contributed by atoms with van der Waals surface area (Å²) in [7, 11) is 0. The van der Waals surface area contributed by atoms with Crippen LogP contribution < -0.4 is 0 Å². The van der Waals surface area contributed by atoms with Crippen LogP contribution in [0.15, 0.2) is 59.2 Å². The predicted molar refractivity (Wildman–Crippen MR) is 82.6 cm³/mol. The number of hydrogen-bond acceptors (Lipinski definition) is 5. The Morgan fingerprint density at radius 2 is 1.65 bits per heavy atom. The van der Waals surface area contributed by atoms with Gasteiger partial charge in [-0.15, -0.1) is 0 Å². The summed E-state index contributed by atoms with van der Waals surface area (Å²) in [6, 6.07) is 14.4. The highest BCUT2D eigenvalue weighted by Crippen LogP contribution is 2.34. The van der Waals surface area contributed by atoms with Crippen LogP contribution in [0.4, 0.5) is 0 Å². The first-order valence-corrected chi connectivity index (χ1v) is 7.07. The van der Waals surface area contributed by atoms with Gasteiger partial charge in [0.1, 0.15) is 0 Å². The Bertz CT molecular complexity index is 924. The molecule has 2 aliphatic heterocycles. The van der Waals surface area contributed by atoms with Gasteiger partial charge in [-0.25, -0.2) is 14.6 Å². The molecular formula is C18H11NO4. The van der Waals surface area contributed by atoms with Gasteiger partial charge in [0.25, 0.3) is 0 Å². The zero-order valence-electron chi connectivity index (χ0n) is 12.2. The molecule has 0 atom stereocenters. The van der Waals surface area contributed by atoms with E-state index in [0.717, 1.165) is 5.56 Å². The Morgan fingerprint density at radius 3 is 2.43 bits per heavy atom. The van der Waals surface area contributed by atoms with Crippen LogP contribution >= 0.6 is 0 Å². The van der Waals surface area contributed by atoms with E-state index in [1.165, 1.54) is 0 Å². The summed E-state index contributed by atoms with van der Waals surface area (Å²) in [6.07, 6.45) is 0. The Labute approximate surface area is 131 Å². The van der Waals surface area contributed by atoms with Gasteiger partial charge in [-0.2, -0.15) is 0 Å². The van der Waals surface area contributed by atoms with Crippen molar-refractivity contribution in [2.45, 2.75) is 6.92 Å². The maximum atomic E-state index is 12.2. The molecule has 5 heteroatoms. The molecule has 112 valence electrons. The van der Waals surface area contributed by atoms with Crippen molar-refractivity contribution in [1.82, 2.24) is 0 Å². The number of benzene rings is 2. The lowest BCUT2D eigenvalue weighted by molar-refractivity contribution is -0.130. The molecule has 2 aromatic rings. The topological polar surface area (TPSA) is 65.0 Å². The Kier molecular flexibility index (Phi) is 2.87. The summed E-state index contributed by atoms with van der Waals surface area (Å²) in [5, 5.41) is 0. The average Bonchev–Trinajstić information content (AvgIpc) is 3.09. The second-order valence-electron chi connectivity index (χ2n) is 5.29. The molecule has 0 bridgehead atoms. The first-order valence-electron chi connectivity index (χ1n) is 7.07. The first kappa shape index (κ1) is 13.5. The molecule has 0 aromatic heterocycles. The van der Waals surface area contributed by atoms with Gasteiger partial charge in [-0.05, 0) is 25.1 Å². The van der Waals surface area contributed by atoms with Gasteiger partial charge in [0.15, 0.2) is 11.5 Å². The van der Waals surface area contributed by atoms with Crippen LogP contribution in [-0.2, 0) is 14.3 Å². The second-order valence-corrected chi connectivity index (χ2v) is 5.29. The van der Waals surface area contributed by atoms with Crippen molar-refractivity contribution in [3.8, 4) is 0 Å². The van der Waals surface area contributed by atoms with Gasteiger partial charge in [0.05, 0.1) is 5.56 Å². The minimum absolute atomic E-state index is 0.0137. The summed E-state index contributed by atoms with van der Waals surface area (Å²) in [5.74, 6) is -0.754. The third-order valence-electron chi connectivity index (χ3n) is 3.66. The molecule has 0 aliphatic carbocycles. The summed E-state index contributed by atoms with van der Waals surface area (Å²) >= 11 is 0. The number of aryl methyl sites for hydroxylation is 1. The van der Waals surface area contributed by atoms with Crippen molar-refractivity contribution < 1.29 is 19.1 Å². The van der Waals surface area contributed by atoms with Crippen molar-refractivity contribution in [2.24, 2.45) is 4.99 Å². The van der Waals surface area contributed by atoms with Crippen molar-refractivity contribution in [1.29, 1.82) is 0 Å². The largest absolute Gasteiger partial charge is 0.420 e. The number of fused-ring (bicyclic) bond motifs is 1. The number of nitrogens with zero attached hydrogens (tertiary/aromatic N) is 1. The summed E-state index contributed by atoms with van der Waals surface area (Å²) in [5.41, 5.74) is 2.71. The van der Waals surface area contributed by atoms with Gasteiger partial charge < -0.3 is 9.47 Å². The number of ether oxygens (including phenoxy) is 2. The van der Waals surface area contributed by atoms with Crippen LogP contribution in [0.2, 0.25) is 0 Å². The number of esters is 2. The molecule has 23 heavy (non-hydrogen) atoms. The van der Waals surface area contributed by atoms with E-state index < -0.39 is 11.9 Å². The third kappa shape index (κ3) is 2.14. The number of hydrogen-bond donors (Lipinski definition) is 0. The fraction of sp³-hybridized carbons (Fsp3) is 0.0556. The molecular weight excluding hydrogens is 294 g/mol. The van der Waals surface area contributed by atoms with Crippen molar-refractivity contribution in [3.05, 3.63) is 76.5 Å². The monoisotopic (exact) mass is 305 g/mol. The number of cyclic esters (lactones) is 2. The summed E-state index contributed by atoms with van der Waals surface area (Å²) in [4.78, 5) is 28.3. The molecule has 0 amide bonds. The molecule has 0 radical (unpaired) electrons. The number of carbonyl (C=O) groups is 2. The molecule has 0 N–H and O–H groups in total. The van der Waals surface area contributed by atoms with E-state index in [0.29, 0.717) is 16.7 Å². The number of rotatable bonds is 1. The fourth-order valence-electron chi connectivity index (χ4n) is 2.59. The van der Waals surface area contributed by atoms with Crippen LogP contribution in [0.3, 0.4) is 0 Å². The van der Waals surface area contributed by atoms with Gasteiger partial charge in [0.2, 0.25) is 5.90 Å². The van der Waals surface area contributed by atoms with Crippen LogP contribution in [0.5, 0.6) is 0 Å². The maximum Gasteiger partial charge on any atom is 0.367 e. The van der Waals surface area contributed by atoms with E-state index in [1.54, 1.807) is 30.3 Å². The lowest BCUT2D eigenvalue weighted by atomic mass is 10.1. The first-order chi connectivity index (χ1) is 11.1. The molecule has 0 saturated heterocycles.